The molecule has 0 radical (unpaired) electrons. The maximum atomic E-state index is 11.8. The summed E-state index contributed by atoms with van der Waals surface area (Å²) in [6.45, 7) is -1.01. The maximum Gasteiger partial charge on any atom is 0.344 e. The van der Waals surface area contributed by atoms with Gasteiger partial charge in [0, 0.05) is 11.8 Å². The highest BCUT2D eigenvalue weighted by Gasteiger charge is 2.15. The lowest BCUT2D eigenvalue weighted by molar-refractivity contribution is -0.384. The van der Waals surface area contributed by atoms with E-state index in [4.69, 9.17) is 32.7 Å². The summed E-state index contributed by atoms with van der Waals surface area (Å²) in [5, 5.41) is 13.4. The van der Waals surface area contributed by atoms with Crippen LogP contribution in [0.15, 0.2) is 42.5 Å². The number of anilines is 1. The second-order valence-electron chi connectivity index (χ2n) is 4.85. The first-order chi connectivity index (χ1) is 12.4. The molecule has 0 aliphatic heterocycles. The van der Waals surface area contributed by atoms with Crippen LogP contribution in [0.2, 0.25) is 10.0 Å². The lowest BCUT2D eigenvalue weighted by Gasteiger charge is -2.09. The van der Waals surface area contributed by atoms with Crippen LogP contribution in [-0.4, -0.2) is 30.0 Å². The molecule has 0 aromatic heterocycles. The molecule has 0 saturated carbocycles. The number of esters is 1. The van der Waals surface area contributed by atoms with Gasteiger partial charge in [0.15, 0.2) is 13.2 Å². The van der Waals surface area contributed by atoms with Crippen LogP contribution in [0.25, 0.3) is 0 Å². The zero-order valence-electron chi connectivity index (χ0n) is 13.1. The van der Waals surface area contributed by atoms with E-state index in [2.05, 4.69) is 5.32 Å². The molecular formula is C16H12Cl2N2O6. The largest absolute Gasteiger partial charge is 0.480 e. The van der Waals surface area contributed by atoms with Crippen molar-refractivity contribution in [3.8, 4) is 5.75 Å². The first-order valence-corrected chi connectivity index (χ1v) is 7.89. The third-order valence-electron chi connectivity index (χ3n) is 2.97. The number of carbonyl (C=O) groups is 2. The topological polar surface area (TPSA) is 108 Å². The Labute approximate surface area is 157 Å². The highest BCUT2D eigenvalue weighted by molar-refractivity contribution is 6.32. The standard InChI is InChI=1S/C16H12Cl2N2O6/c17-11-6-5-10(7-13(11)20(23)24)19-15(21)8-26-16(22)9-25-14-4-2-1-3-12(14)18/h1-7H,8-9H2,(H,19,21). The van der Waals surface area contributed by atoms with Gasteiger partial charge in [-0.25, -0.2) is 4.79 Å². The monoisotopic (exact) mass is 398 g/mol. The van der Waals surface area contributed by atoms with Gasteiger partial charge in [0.25, 0.3) is 11.6 Å². The lowest BCUT2D eigenvalue weighted by Crippen LogP contribution is -2.23. The first-order valence-electron chi connectivity index (χ1n) is 7.13. The third-order valence-corrected chi connectivity index (χ3v) is 3.60. The molecule has 0 aliphatic rings. The molecule has 2 aromatic rings. The van der Waals surface area contributed by atoms with Crippen LogP contribution in [0.4, 0.5) is 11.4 Å². The van der Waals surface area contributed by atoms with Gasteiger partial charge in [-0.15, -0.1) is 0 Å². The number of nitrogens with one attached hydrogen (secondary N) is 1. The van der Waals surface area contributed by atoms with Crippen LogP contribution < -0.4 is 10.1 Å². The fourth-order valence-electron chi connectivity index (χ4n) is 1.81. The molecule has 0 bridgehead atoms. The molecule has 1 N–H and O–H groups in total. The van der Waals surface area contributed by atoms with Gasteiger partial charge in [0.2, 0.25) is 0 Å². The summed E-state index contributed by atoms with van der Waals surface area (Å²) in [5.41, 5.74) is -0.205. The number of halogens is 2. The normalized spacial score (nSPS) is 10.1. The number of nitro groups is 1. The number of carbonyl (C=O) groups excluding carboxylic acids is 2. The SMILES string of the molecule is O=C(COC(=O)COc1ccccc1Cl)Nc1ccc(Cl)c([N+](=O)[O-])c1. The van der Waals surface area contributed by atoms with Gasteiger partial charge >= 0.3 is 5.97 Å². The highest BCUT2D eigenvalue weighted by atomic mass is 35.5. The van der Waals surface area contributed by atoms with Crippen molar-refractivity contribution in [2.24, 2.45) is 0 Å². The van der Waals surface area contributed by atoms with E-state index >= 15 is 0 Å². The van der Waals surface area contributed by atoms with Gasteiger partial charge in [-0.05, 0) is 24.3 Å². The zero-order chi connectivity index (χ0) is 19.1. The molecule has 26 heavy (non-hydrogen) atoms. The van der Waals surface area contributed by atoms with Crippen molar-refractivity contribution in [1.82, 2.24) is 0 Å². The van der Waals surface area contributed by atoms with E-state index in [9.17, 15) is 19.7 Å². The van der Waals surface area contributed by atoms with E-state index < -0.39 is 30.0 Å². The van der Waals surface area contributed by atoms with Gasteiger partial charge in [-0.1, -0.05) is 35.3 Å². The number of nitro benzene ring substituents is 1. The average molecular weight is 399 g/mol. The summed E-state index contributed by atoms with van der Waals surface area (Å²) >= 11 is 11.6. The number of hydrogen-bond acceptors (Lipinski definition) is 6. The fourth-order valence-corrected chi connectivity index (χ4v) is 2.19. The highest BCUT2D eigenvalue weighted by Crippen LogP contribution is 2.27. The quantitative estimate of drug-likeness (QED) is 0.434. The first kappa shape index (κ1) is 19.5. The van der Waals surface area contributed by atoms with Gasteiger partial charge < -0.3 is 14.8 Å². The smallest absolute Gasteiger partial charge is 0.344 e. The van der Waals surface area contributed by atoms with Crippen molar-refractivity contribution >= 4 is 46.5 Å². The summed E-state index contributed by atoms with van der Waals surface area (Å²) < 4.78 is 9.94. The molecule has 0 saturated heterocycles. The fraction of sp³-hybridized carbons (Fsp3) is 0.125. The minimum absolute atomic E-state index is 0.0591. The van der Waals surface area contributed by atoms with Crippen molar-refractivity contribution in [2.75, 3.05) is 18.5 Å². The Morgan fingerprint density at radius 2 is 1.81 bits per heavy atom. The van der Waals surface area contributed by atoms with Crippen LogP contribution >= 0.6 is 23.2 Å². The Morgan fingerprint density at radius 1 is 1.08 bits per heavy atom. The summed E-state index contributed by atoms with van der Waals surface area (Å²) in [4.78, 5) is 33.5. The summed E-state index contributed by atoms with van der Waals surface area (Å²) in [6.07, 6.45) is 0. The molecule has 0 fully saturated rings. The Kier molecular flexibility index (Phi) is 6.76. The number of nitrogens with zero attached hydrogens (tertiary/aromatic N) is 1. The zero-order valence-corrected chi connectivity index (χ0v) is 14.6. The molecule has 0 atom stereocenters. The van der Waals surface area contributed by atoms with E-state index in [1.807, 2.05) is 0 Å². The second kappa shape index (κ2) is 9.02. The molecule has 8 nitrogen and oxygen atoms in total. The minimum Gasteiger partial charge on any atom is -0.480 e. The molecular weight excluding hydrogens is 387 g/mol. The van der Waals surface area contributed by atoms with Crippen LogP contribution in [0.3, 0.4) is 0 Å². The second-order valence-corrected chi connectivity index (χ2v) is 5.67. The van der Waals surface area contributed by atoms with Crippen LogP contribution in [0, 0.1) is 10.1 Å². The van der Waals surface area contributed by atoms with Gasteiger partial charge in [0.05, 0.1) is 9.95 Å². The Bertz CT molecular complexity index is 843. The number of para-hydroxylation sites is 1. The Balaban J connectivity index is 1.81. The van der Waals surface area contributed by atoms with Crippen LogP contribution in [0.5, 0.6) is 5.75 Å². The molecule has 2 aromatic carbocycles. The van der Waals surface area contributed by atoms with Crippen molar-refractivity contribution in [3.05, 3.63) is 62.6 Å². The predicted molar refractivity (Wildman–Crippen MR) is 94.6 cm³/mol. The molecule has 0 spiro atoms. The lowest BCUT2D eigenvalue weighted by atomic mass is 10.3. The molecule has 136 valence electrons. The Hall–Kier alpha value is -2.84. The van der Waals surface area contributed by atoms with Crippen molar-refractivity contribution in [1.29, 1.82) is 0 Å². The van der Waals surface area contributed by atoms with Crippen LogP contribution in [-0.2, 0) is 14.3 Å². The number of hydrogen-bond donors (Lipinski definition) is 1. The van der Waals surface area contributed by atoms with E-state index in [-0.39, 0.29) is 16.4 Å². The van der Waals surface area contributed by atoms with Gasteiger partial charge in [-0.3, -0.25) is 14.9 Å². The van der Waals surface area contributed by atoms with E-state index in [0.29, 0.717) is 10.8 Å². The third kappa shape index (κ3) is 5.61. The number of ether oxygens (including phenoxy) is 2. The minimum atomic E-state index is -0.776. The van der Waals surface area contributed by atoms with Gasteiger partial charge in [-0.2, -0.15) is 0 Å². The average Bonchev–Trinajstić information content (AvgIpc) is 2.60. The molecule has 0 unspecified atom stereocenters. The number of benzene rings is 2. The molecule has 0 heterocycles. The summed E-state index contributed by atoms with van der Waals surface area (Å²) in [5.74, 6) is -1.14. The predicted octanol–water partition coefficient (Wildman–Crippen LogP) is 3.46. The Morgan fingerprint density at radius 3 is 2.50 bits per heavy atom. The van der Waals surface area contributed by atoms with Gasteiger partial charge in [0.1, 0.15) is 10.8 Å². The summed E-state index contributed by atoms with van der Waals surface area (Å²) in [7, 11) is 0. The van der Waals surface area contributed by atoms with Crippen molar-refractivity contribution in [2.45, 2.75) is 0 Å². The van der Waals surface area contributed by atoms with Crippen LogP contribution in [0.1, 0.15) is 0 Å². The molecule has 1 amide bonds. The maximum absolute atomic E-state index is 11.8. The molecule has 2 rings (SSSR count). The molecule has 0 aliphatic carbocycles. The van der Waals surface area contributed by atoms with E-state index in [1.54, 1.807) is 24.3 Å². The van der Waals surface area contributed by atoms with E-state index in [0.717, 1.165) is 6.07 Å². The number of amides is 1. The number of rotatable bonds is 7. The molecule has 10 heteroatoms. The summed E-state index contributed by atoms with van der Waals surface area (Å²) in [6, 6.07) is 10.3. The van der Waals surface area contributed by atoms with Crippen molar-refractivity contribution < 1.29 is 24.0 Å². The van der Waals surface area contributed by atoms with Crippen molar-refractivity contribution in [3.63, 3.8) is 0 Å². The van der Waals surface area contributed by atoms with E-state index in [1.165, 1.54) is 12.1 Å².